The summed E-state index contributed by atoms with van der Waals surface area (Å²) >= 11 is 0. The molecule has 0 aliphatic rings. The zero-order valence-electron chi connectivity index (χ0n) is 11.4. The van der Waals surface area contributed by atoms with Crippen molar-refractivity contribution in [3.8, 4) is 12.8 Å². The highest BCUT2D eigenvalue weighted by Gasteiger charge is 1.93. The van der Waals surface area contributed by atoms with Gasteiger partial charge < -0.3 is 0 Å². The molecule has 0 N–H and O–H groups in total. The molecule has 0 amide bonds. The SMILES string of the molecule is C#C.C/C=C(\C=NC)Cc1ccccc1.CC. The van der Waals surface area contributed by atoms with Gasteiger partial charge in [0.05, 0.1) is 0 Å². The number of terminal acetylenes is 1. The van der Waals surface area contributed by atoms with Crippen LogP contribution in [0, 0.1) is 12.8 Å². The van der Waals surface area contributed by atoms with Gasteiger partial charge in [-0.3, -0.25) is 4.99 Å². The number of rotatable bonds is 3. The van der Waals surface area contributed by atoms with Crippen LogP contribution in [-0.2, 0) is 6.42 Å². The summed E-state index contributed by atoms with van der Waals surface area (Å²) < 4.78 is 0. The quantitative estimate of drug-likeness (QED) is 0.545. The van der Waals surface area contributed by atoms with E-state index in [1.54, 1.807) is 7.05 Å². The molecule has 0 radical (unpaired) electrons. The van der Waals surface area contributed by atoms with Gasteiger partial charge in [0.2, 0.25) is 0 Å². The second-order valence-electron chi connectivity index (χ2n) is 2.91. The van der Waals surface area contributed by atoms with E-state index in [1.807, 2.05) is 33.1 Å². The molecule has 1 aromatic rings. The normalized spacial score (nSPS) is 9.88. The third kappa shape index (κ3) is 9.14. The van der Waals surface area contributed by atoms with Crippen LogP contribution < -0.4 is 0 Å². The molecule has 0 bridgehead atoms. The summed E-state index contributed by atoms with van der Waals surface area (Å²) in [6.07, 6.45) is 13.0. The van der Waals surface area contributed by atoms with Crippen LogP contribution in [0.1, 0.15) is 26.3 Å². The summed E-state index contributed by atoms with van der Waals surface area (Å²) in [5, 5.41) is 0. The molecule has 0 spiro atoms. The fourth-order valence-electron chi connectivity index (χ4n) is 1.22. The Kier molecular flexibility index (Phi) is 14.7. The number of benzene rings is 1. The van der Waals surface area contributed by atoms with Crippen LogP contribution in [0.5, 0.6) is 0 Å². The lowest BCUT2D eigenvalue weighted by atomic mass is 10.1. The fraction of sp³-hybridized carbons (Fsp3) is 0.312. The number of aliphatic imine (C=N–C) groups is 1. The molecule has 1 heteroatoms. The van der Waals surface area contributed by atoms with Crippen LogP contribution in [0.4, 0.5) is 0 Å². The summed E-state index contributed by atoms with van der Waals surface area (Å²) in [5.41, 5.74) is 2.59. The minimum absolute atomic E-state index is 0.967. The van der Waals surface area contributed by atoms with Gasteiger partial charge in [-0.05, 0) is 24.5 Å². The lowest BCUT2D eigenvalue weighted by molar-refractivity contribution is 1.21. The molecule has 0 saturated heterocycles. The van der Waals surface area contributed by atoms with Crippen molar-refractivity contribution in [1.82, 2.24) is 0 Å². The van der Waals surface area contributed by atoms with Crippen LogP contribution >= 0.6 is 0 Å². The van der Waals surface area contributed by atoms with Gasteiger partial charge in [-0.25, -0.2) is 0 Å². The van der Waals surface area contributed by atoms with Crippen LogP contribution in [0.2, 0.25) is 0 Å². The topological polar surface area (TPSA) is 12.4 Å². The van der Waals surface area contributed by atoms with E-state index in [2.05, 4.69) is 48.2 Å². The summed E-state index contributed by atoms with van der Waals surface area (Å²) in [5.74, 6) is 0. The first kappa shape index (κ1) is 17.6. The molecule has 0 aliphatic heterocycles. The van der Waals surface area contributed by atoms with Gasteiger partial charge in [-0.15, -0.1) is 12.8 Å². The van der Waals surface area contributed by atoms with Gasteiger partial charge >= 0.3 is 0 Å². The summed E-state index contributed by atoms with van der Waals surface area (Å²) in [6.45, 7) is 6.04. The van der Waals surface area contributed by atoms with Crippen molar-refractivity contribution in [3.63, 3.8) is 0 Å². The Bertz CT molecular complexity index is 331. The third-order valence-electron chi connectivity index (χ3n) is 1.92. The second-order valence-corrected chi connectivity index (χ2v) is 2.91. The van der Waals surface area contributed by atoms with E-state index < -0.39 is 0 Å². The predicted octanol–water partition coefficient (Wildman–Crippen LogP) is 4.15. The Morgan fingerprint density at radius 3 is 2.12 bits per heavy atom. The molecular formula is C16H23N. The second kappa shape index (κ2) is 14.2. The van der Waals surface area contributed by atoms with Crippen molar-refractivity contribution in [2.24, 2.45) is 4.99 Å². The average Bonchev–Trinajstić information content (AvgIpc) is 2.44. The zero-order valence-corrected chi connectivity index (χ0v) is 11.4. The Labute approximate surface area is 106 Å². The third-order valence-corrected chi connectivity index (χ3v) is 1.92. The highest BCUT2D eigenvalue weighted by Crippen LogP contribution is 2.05. The standard InChI is InChI=1S/C12H15N.C2H6.C2H2/c1-3-11(10-13-2)9-12-7-5-4-6-8-12;2*1-2/h3-8,10H,9H2,1-2H3;1-2H3;1-2H/b11-3-,13-10?;;. The van der Waals surface area contributed by atoms with Crippen molar-refractivity contribution in [2.45, 2.75) is 27.2 Å². The largest absolute Gasteiger partial charge is 0.296 e. The Hall–Kier alpha value is -1.81. The van der Waals surface area contributed by atoms with Crippen molar-refractivity contribution in [1.29, 1.82) is 0 Å². The summed E-state index contributed by atoms with van der Waals surface area (Å²) in [4.78, 5) is 4.01. The maximum absolute atomic E-state index is 4.01. The maximum atomic E-state index is 4.01. The predicted molar refractivity (Wildman–Crippen MR) is 79.6 cm³/mol. The number of nitrogens with zero attached hydrogens (tertiary/aromatic N) is 1. The molecule has 1 nitrogen and oxygen atoms in total. The Morgan fingerprint density at radius 2 is 1.71 bits per heavy atom. The molecular weight excluding hydrogens is 206 g/mol. The molecule has 0 fully saturated rings. The molecule has 0 aromatic heterocycles. The molecule has 0 atom stereocenters. The van der Waals surface area contributed by atoms with Crippen molar-refractivity contribution < 1.29 is 0 Å². The zero-order chi connectivity index (χ0) is 13.5. The van der Waals surface area contributed by atoms with Crippen LogP contribution in [0.25, 0.3) is 0 Å². The minimum Gasteiger partial charge on any atom is -0.296 e. The molecule has 0 heterocycles. The maximum Gasteiger partial charge on any atom is 0.0277 e. The van der Waals surface area contributed by atoms with E-state index in [4.69, 9.17) is 0 Å². The molecule has 1 rings (SSSR count). The van der Waals surface area contributed by atoms with Gasteiger partial charge in [0.15, 0.2) is 0 Å². The summed E-state index contributed by atoms with van der Waals surface area (Å²) in [6, 6.07) is 10.4. The lowest BCUT2D eigenvalue weighted by Gasteiger charge is -2.00. The van der Waals surface area contributed by atoms with Crippen LogP contribution in [0.15, 0.2) is 47.0 Å². The van der Waals surface area contributed by atoms with E-state index >= 15 is 0 Å². The smallest absolute Gasteiger partial charge is 0.0277 e. The van der Waals surface area contributed by atoms with E-state index in [0.29, 0.717) is 0 Å². The van der Waals surface area contributed by atoms with E-state index in [-0.39, 0.29) is 0 Å². The van der Waals surface area contributed by atoms with Gasteiger partial charge in [-0.2, -0.15) is 0 Å². The van der Waals surface area contributed by atoms with Gasteiger partial charge in [-0.1, -0.05) is 50.3 Å². The van der Waals surface area contributed by atoms with Crippen LogP contribution in [0.3, 0.4) is 0 Å². The molecule has 0 aliphatic carbocycles. The fourth-order valence-corrected chi connectivity index (χ4v) is 1.22. The highest BCUT2D eigenvalue weighted by atomic mass is 14.6. The van der Waals surface area contributed by atoms with Crippen molar-refractivity contribution in [3.05, 3.63) is 47.5 Å². The first-order chi connectivity index (χ1) is 8.36. The average molecular weight is 229 g/mol. The monoisotopic (exact) mass is 229 g/mol. The minimum atomic E-state index is 0.967. The summed E-state index contributed by atoms with van der Waals surface area (Å²) in [7, 11) is 1.80. The molecule has 0 unspecified atom stereocenters. The van der Waals surface area contributed by atoms with Gasteiger partial charge in [0, 0.05) is 13.3 Å². The van der Waals surface area contributed by atoms with Crippen molar-refractivity contribution >= 4 is 6.21 Å². The van der Waals surface area contributed by atoms with Gasteiger partial charge in [0.25, 0.3) is 0 Å². The van der Waals surface area contributed by atoms with Crippen molar-refractivity contribution in [2.75, 3.05) is 7.05 Å². The van der Waals surface area contributed by atoms with E-state index in [0.717, 1.165) is 6.42 Å². The number of hydrogen-bond acceptors (Lipinski definition) is 1. The number of hydrogen-bond donors (Lipinski definition) is 0. The molecule has 1 aromatic carbocycles. The first-order valence-corrected chi connectivity index (χ1v) is 5.81. The number of allylic oxidation sites excluding steroid dienone is 2. The van der Waals surface area contributed by atoms with E-state index in [1.165, 1.54) is 11.1 Å². The van der Waals surface area contributed by atoms with E-state index in [9.17, 15) is 0 Å². The Morgan fingerprint density at radius 1 is 1.18 bits per heavy atom. The molecule has 92 valence electrons. The Balaban J connectivity index is 0. The highest BCUT2D eigenvalue weighted by molar-refractivity contribution is 5.78. The molecule has 17 heavy (non-hydrogen) atoms. The molecule has 0 saturated carbocycles. The first-order valence-electron chi connectivity index (χ1n) is 5.81. The van der Waals surface area contributed by atoms with Crippen LogP contribution in [-0.4, -0.2) is 13.3 Å². The van der Waals surface area contributed by atoms with Gasteiger partial charge in [0.1, 0.15) is 0 Å². The lowest BCUT2D eigenvalue weighted by Crippen LogP contribution is -1.91.